The fourth-order valence-corrected chi connectivity index (χ4v) is 4.12. The van der Waals surface area contributed by atoms with Gasteiger partial charge < -0.3 is 5.32 Å². The van der Waals surface area contributed by atoms with Crippen LogP contribution in [0.4, 0.5) is 8.78 Å². The SMILES string of the molecule is CCCNC(Cc1cccc(F)c1F)C1CCCCS1. The maximum Gasteiger partial charge on any atom is 0.162 e. The molecule has 0 radical (unpaired) electrons. The molecule has 1 aliphatic heterocycles. The molecule has 1 nitrogen and oxygen atoms in total. The monoisotopic (exact) mass is 299 g/mol. The minimum absolute atomic E-state index is 0.233. The lowest BCUT2D eigenvalue weighted by Crippen LogP contribution is -2.41. The highest BCUT2D eigenvalue weighted by Crippen LogP contribution is 2.29. The van der Waals surface area contributed by atoms with Crippen molar-refractivity contribution in [2.45, 2.75) is 50.3 Å². The number of rotatable bonds is 6. The topological polar surface area (TPSA) is 12.0 Å². The number of thioether (sulfide) groups is 1. The molecule has 0 aliphatic carbocycles. The van der Waals surface area contributed by atoms with E-state index in [9.17, 15) is 8.78 Å². The molecule has 1 saturated heterocycles. The van der Waals surface area contributed by atoms with Gasteiger partial charge in [-0.2, -0.15) is 11.8 Å². The molecule has 4 heteroatoms. The molecule has 1 aromatic rings. The van der Waals surface area contributed by atoms with Crippen molar-refractivity contribution < 1.29 is 8.78 Å². The Bertz CT molecular complexity index is 419. The van der Waals surface area contributed by atoms with Gasteiger partial charge in [-0.25, -0.2) is 8.78 Å². The van der Waals surface area contributed by atoms with Crippen LogP contribution >= 0.6 is 11.8 Å². The van der Waals surface area contributed by atoms with Crippen molar-refractivity contribution in [2.75, 3.05) is 12.3 Å². The van der Waals surface area contributed by atoms with Gasteiger partial charge in [0.25, 0.3) is 0 Å². The zero-order valence-corrected chi connectivity index (χ0v) is 12.8. The van der Waals surface area contributed by atoms with Crippen molar-refractivity contribution in [1.29, 1.82) is 0 Å². The highest BCUT2D eigenvalue weighted by molar-refractivity contribution is 8.00. The lowest BCUT2D eigenvalue weighted by atomic mass is 9.99. The Morgan fingerprint density at radius 3 is 2.90 bits per heavy atom. The molecule has 0 aromatic heterocycles. The van der Waals surface area contributed by atoms with Gasteiger partial charge in [0.05, 0.1) is 0 Å². The summed E-state index contributed by atoms with van der Waals surface area (Å²) < 4.78 is 27.2. The molecule has 0 spiro atoms. The zero-order valence-electron chi connectivity index (χ0n) is 12.0. The van der Waals surface area contributed by atoms with Crippen molar-refractivity contribution in [2.24, 2.45) is 0 Å². The van der Waals surface area contributed by atoms with Crippen LogP contribution in [0.1, 0.15) is 38.2 Å². The second-order valence-electron chi connectivity index (χ2n) is 5.38. The standard InChI is InChI=1S/C16H23F2NS/c1-2-9-19-14(15-8-3-4-10-20-15)11-12-6-5-7-13(17)16(12)18/h5-7,14-15,19H,2-4,8-11H2,1H3. The van der Waals surface area contributed by atoms with E-state index in [0.29, 0.717) is 17.2 Å². The van der Waals surface area contributed by atoms with Gasteiger partial charge in [0.15, 0.2) is 11.6 Å². The molecule has 2 atom stereocenters. The first-order valence-electron chi connectivity index (χ1n) is 7.50. The zero-order chi connectivity index (χ0) is 14.4. The summed E-state index contributed by atoms with van der Waals surface area (Å²) in [6.07, 6.45) is 5.31. The first-order chi connectivity index (χ1) is 9.72. The van der Waals surface area contributed by atoms with Gasteiger partial charge >= 0.3 is 0 Å². The number of hydrogen-bond acceptors (Lipinski definition) is 2. The Balaban J connectivity index is 2.07. The fraction of sp³-hybridized carbons (Fsp3) is 0.625. The Morgan fingerprint density at radius 2 is 2.20 bits per heavy atom. The third-order valence-corrected chi connectivity index (χ3v) is 5.31. The predicted octanol–water partition coefficient (Wildman–Crippen LogP) is 4.16. The highest BCUT2D eigenvalue weighted by atomic mass is 32.2. The van der Waals surface area contributed by atoms with E-state index in [4.69, 9.17) is 0 Å². The lowest BCUT2D eigenvalue weighted by Gasteiger charge is -2.31. The van der Waals surface area contributed by atoms with Gasteiger partial charge in [-0.05, 0) is 49.6 Å². The number of halogens is 2. The summed E-state index contributed by atoms with van der Waals surface area (Å²) in [5.74, 6) is -0.245. The van der Waals surface area contributed by atoms with Crippen LogP contribution in [0.3, 0.4) is 0 Å². The average Bonchev–Trinajstić information content (AvgIpc) is 2.48. The van der Waals surface area contributed by atoms with Crippen LogP contribution in [0.25, 0.3) is 0 Å². The third kappa shape index (κ3) is 4.19. The molecule has 1 aliphatic rings. The second kappa shape index (κ2) is 7.99. The van der Waals surface area contributed by atoms with Crippen molar-refractivity contribution in [3.05, 3.63) is 35.4 Å². The largest absolute Gasteiger partial charge is 0.313 e. The van der Waals surface area contributed by atoms with E-state index >= 15 is 0 Å². The summed E-state index contributed by atoms with van der Waals surface area (Å²) in [5.41, 5.74) is 0.491. The Labute approximate surface area is 124 Å². The number of nitrogens with one attached hydrogen (secondary N) is 1. The smallest absolute Gasteiger partial charge is 0.162 e. The molecule has 1 N–H and O–H groups in total. The van der Waals surface area contributed by atoms with Crippen LogP contribution in [-0.2, 0) is 6.42 Å². The van der Waals surface area contributed by atoms with Crippen LogP contribution in [0, 0.1) is 11.6 Å². The van der Waals surface area contributed by atoms with E-state index in [-0.39, 0.29) is 6.04 Å². The fourth-order valence-electron chi connectivity index (χ4n) is 2.69. The van der Waals surface area contributed by atoms with Crippen molar-refractivity contribution in [1.82, 2.24) is 5.32 Å². The Hall–Kier alpha value is -0.610. The summed E-state index contributed by atoms with van der Waals surface area (Å²) in [4.78, 5) is 0. The summed E-state index contributed by atoms with van der Waals surface area (Å²) in [5, 5.41) is 4.04. The number of benzene rings is 1. The molecule has 2 rings (SSSR count). The maximum absolute atomic E-state index is 13.8. The average molecular weight is 299 g/mol. The van der Waals surface area contributed by atoms with E-state index in [1.807, 2.05) is 11.8 Å². The highest BCUT2D eigenvalue weighted by Gasteiger charge is 2.25. The third-order valence-electron chi connectivity index (χ3n) is 3.79. The predicted molar refractivity (Wildman–Crippen MR) is 82.2 cm³/mol. The summed E-state index contributed by atoms with van der Waals surface area (Å²) in [6, 6.07) is 4.71. The van der Waals surface area contributed by atoms with Gasteiger partial charge in [-0.1, -0.05) is 25.5 Å². The van der Waals surface area contributed by atoms with Crippen molar-refractivity contribution in [3.8, 4) is 0 Å². The molecule has 1 heterocycles. The molecule has 112 valence electrons. The van der Waals surface area contributed by atoms with Crippen LogP contribution in [-0.4, -0.2) is 23.6 Å². The quantitative estimate of drug-likeness (QED) is 0.846. The molecule has 2 unspecified atom stereocenters. The normalized spacial score (nSPS) is 20.9. The van der Waals surface area contributed by atoms with Crippen LogP contribution in [0.5, 0.6) is 0 Å². The molecular weight excluding hydrogens is 276 g/mol. The molecular formula is C16H23F2NS. The summed E-state index contributed by atoms with van der Waals surface area (Å²) >= 11 is 1.97. The van der Waals surface area contributed by atoms with Crippen LogP contribution in [0.2, 0.25) is 0 Å². The molecule has 20 heavy (non-hydrogen) atoms. The Morgan fingerprint density at radius 1 is 1.35 bits per heavy atom. The Kier molecular flexibility index (Phi) is 6.30. The molecule has 1 aromatic carbocycles. The maximum atomic E-state index is 13.8. The van der Waals surface area contributed by atoms with E-state index in [1.54, 1.807) is 12.1 Å². The van der Waals surface area contributed by atoms with E-state index in [2.05, 4.69) is 12.2 Å². The minimum atomic E-state index is -0.743. The first-order valence-corrected chi connectivity index (χ1v) is 8.55. The second-order valence-corrected chi connectivity index (χ2v) is 6.73. The number of hydrogen-bond donors (Lipinski definition) is 1. The van der Waals surface area contributed by atoms with Crippen LogP contribution < -0.4 is 5.32 Å². The van der Waals surface area contributed by atoms with Crippen molar-refractivity contribution in [3.63, 3.8) is 0 Å². The van der Waals surface area contributed by atoms with Crippen LogP contribution in [0.15, 0.2) is 18.2 Å². The lowest BCUT2D eigenvalue weighted by molar-refractivity contribution is 0.444. The minimum Gasteiger partial charge on any atom is -0.313 e. The van der Waals surface area contributed by atoms with E-state index in [0.717, 1.165) is 13.0 Å². The summed E-state index contributed by atoms with van der Waals surface area (Å²) in [7, 11) is 0. The van der Waals surface area contributed by atoms with Gasteiger partial charge in [0.1, 0.15) is 0 Å². The summed E-state index contributed by atoms with van der Waals surface area (Å²) in [6.45, 7) is 3.06. The van der Waals surface area contributed by atoms with Gasteiger partial charge in [-0.15, -0.1) is 0 Å². The van der Waals surface area contributed by atoms with Gasteiger partial charge in [-0.3, -0.25) is 0 Å². The molecule has 0 bridgehead atoms. The van der Waals surface area contributed by atoms with E-state index in [1.165, 1.54) is 31.1 Å². The van der Waals surface area contributed by atoms with Gasteiger partial charge in [0.2, 0.25) is 0 Å². The van der Waals surface area contributed by atoms with Gasteiger partial charge in [0, 0.05) is 11.3 Å². The molecule has 1 fully saturated rings. The first kappa shape index (κ1) is 15.8. The van der Waals surface area contributed by atoms with E-state index < -0.39 is 11.6 Å². The van der Waals surface area contributed by atoms with Crippen molar-refractivity contribution >= 4 is 11.8 Å². The molecule has 0 saturated carbocycles. The molecule has 0 amide bonds.